The molecule has 7 nitrogen and oxygen atoms in total. The maximum Gasteiger partial charge on any atom is 0.408 e. The summed E-state index contributed by atoms with van der Waals surface area (Å²) in [5.74, 6) is -5.73. The smallest absolute Gasteiger partial charge is 0.408 e. The number of hydrogen-bond donors (Lipinski definition) is 2. The van der Waals surface area contributed by atoms with Crippen molar-refractivity contribution in [2.45, 2.75) is 31.1 Å². The van der Waals surface area contributed by atoms with Gasteiger partial charge >= 0.3 is 12.1 Å². The van der Waals surface area contributed by atoms with Crippen LogP contribution in [0.2, 0.25) is 5.02 Å². The summed E-state index contributed by atoms with van der Waals surface area (Å²) in [5, 5.41) is 21.9. The number of carbonyl (C=O) groups excluding carboxylic acids is 1. The lowest BCUT2D eigenvalue weighted by Crippen LogP contribution is -2.56. The largest absolute Gasteiger partial charge is 0.480 e. The first-order chi connectivity index (χ1) is 20.4. The van der Waals surface area contributed by atoms with Crippen LogP contribution in [-0.4, -0.2) is 46.8 Å². The first-order valence-corrected chi connectivity index (χ1v) is 13.2. The molecule has 1 aromatic heterocycles. The normalized spacial score (nSPS) is 15.5. The van der Waals surface area contributed by atoms with E-state index in [-0.39, 0.29) is 25.1 Å². The number of amides is 1. The molecule has 1 unspecified atom stereocenters. The molecule has 1 amide bonds. The molecule has 0 radical (unpaired) electrons. The van der Waals surface area contributed by atoms with Crippen LogP contribution in [0.1, 0.15) is 27.9 Å². The Morgan fingerprint density at radius 3 is 2.40 bits per heavy atom. The van der Waals surface area contributed by atoms with Gasteiger partial charge in [0, 0.05) is 46.4 Å². The molecule has 5 rings (SSSR count). The van der Waals surface area contributed by atoms with E-state index in [9.17, 15) is 36.6 Å². The van der Waals surface area contributed by atoms with Gasteiger partial charge in [-0.1, -0.05) is 35.9 Å². The number of aromatic nitrogens is 1. The molecular weight excluding hydrogens is 595 g/mol. The van der Waals surface area contributed by atoms with Crippen LogP contribution < -0.4 is 10.2 Å². The van der Waals surface area contributed by atoms with Crippen LogP contribution in [-0.2, 0) is 11.2 Å². The van der Waals surface area contributed by atoms with Crippen molar-refractivity contribution >= 4 is 40.1 Å². The van der Waals surface area contributed by atoms with Crippen LogP contribution in [0.4, 0.5) is 27.6 Å². The number of rotatable bonds is 7. The van der Waals surface area contributed by atoms with Crippen molar-refractivity contribution in [2.75, 3.05) is 11.4 Å². The second-order valence-corrected chi connectivity index (χ2v) is 10.3. The SMILES string of the molecule is N#Cc1ccc(-c2ccc(C[C@@H](NC(=O)c3c(F)cc(N4CCC4C(F)(F)F)cc3F)C(=O)O)c3cccnc23)c(Cl)c1. The number of carboxylic acids is 1. The highest BCUT2D eigenvalue weighted by Gasteiger charge is 2.49. The molecule has 2 N–H and O–H groups in total. The van der Waals surface area contributed by atoms with E-state index in [0.29, 0.717) is 50.3 Å². The monoisotopic (exact) mass is 614 g/mol. The molecule has 0 aliphatic carbocycles. The molecule has 1 aliphatic heterocycles. The van der Waals surface area contributed by atoms with E-state index >= 15 is 0 Å². The van der Waals surface area contributed by atoms with Crippen LogP contribution in [0.25, 0.3) is 22.0 Å². The number of anilines is 1. The van der Waals surface area contributed by atoms with Gasteiger partial charge in [-0.3, -0.25) is 9.78 Å². The Hall–Kier alpha value is -4.76. The van der Waals surface area contributed by atoms with Gasteiger partial charge in [-0.15, -0.1) is 0 Å². The molecule has 13 heteroatoms. The van der Waals surface area contributed by atoms with Crippen LogP contribution in [0.5, 0.6) is 0 Å². The molecule has 0 spiro atoms. The minimum Gasteiger partial charge on any atom is -0.480 e. The number of carbonyl (C=O) groups is 2. The highest BCUT2D eigenvalue weighted by molar-refractivity contribution is 6.33. The van der Waals surface area contributed by atoms with Crippen molar-refractivity contribution in [2.24, 2.45) is 0 Å². The summed E-state index contributed by atoms with van der Waals surface area (Å²) in [7, 11) is 0. The second kappa shape index (κ2) is 11.5. The van der Waals surface area contributed by atoms with Crippen molar-refractivity contribution in [3.8, 4) is 17.2 Å². The lowest BCUT2D eigenvalue weighted by molar-refractivity contribution is -0.159. The molecule has 220 valence electrons. The Kier molecular flexibility index (Phi) is 7.94. The third kappa shape index (κ3) is 5.81. The van der Waals surface area contributed by atoms with Crippen molar-refractivity contribution in [3.63, 3.8) is 0 Å². The Morgan fingerprint density at radius 2 is 1.81 bits per heavy atom. The van der Waals surface area contributed by atoms with Crippen LogP contribution >= 0.6 is 11.6 Å². The van der Waals surface area contributed by atoms with Crippen molar-refractivity contribution in [3.05, 3.63) is 94.1 Å². The quantitative estimate of drug-likeness (QED) is 0.238. The Labute approximate surface area is 246 Å². The van der Waals surface area contributed by atoms with Crippen LogP contribution in [0.15, 0.2) is 60.8 Å². The molecule has 0 bridgehead atoms. The van der Waals surface area contributed by atoms with Gasteiger partial charge < -0.3 is 15.3 Å². The number of nitrogens with zero attached hydrogens (tertiary/aromatic N) is 3. The molecule has 0 saturated carbocycles. The van der Waals surface area contributed by atoms with Gasteiger partial charge in [0.15, 0.2) is 0 Å². The van der Waals surface area contributed by atoms with Gasteiger partial charge in [-0.25, -0.2) is 13.6 Å². The van der Waals surface area contributed by atoms with E-state index < -0.39 is 47.3 Å². The van der Waals surface area contributed by atoms with Gasteiger partial charge in [-0.2, -0.15) is 18.4 Å². The maximum absolute atomic E-state index is 14.9. The number of alkyl halides is 3. The number of aliphatic carboxylic acids is 1. The van der Waals surface area contributed by atoms with Gasteiger partial charge in [-0.05, 0) is 42.3 Å². The number of nitrogens with one attached hydrogen (secondary N) is 1. The Morgan fingerprint density at radius 1 is 1.12 bits per heavy atom. The number of benzene rings is 3. The van der Waals surface area contributed by atoms with E-state index in [1.54, 1.807) is 36.4 Å². The summed E-state index contributed by atoms with van der Waals surface area (Å²) >= 11 is 6.40. The van der Waals surface area contributed by atoms with Gasteiger partial charge in [0.25, 0.3) is 5.91 Å². The lowest BCUT2D eigenvalue weighted by atomic mass is 9.94. The zero-order chi connectivity index (χ0) is 31.1. The van der Waals surface area contributed by atoms with Gasteiger partial charge in [0.1, 0.15) is 29.3 Å². The number of nitriles is 1. The predicted octanol–water partition coefficient (Wildman–Crippen LogP) is 6.27. The second-order valence-electron chi connectivity index (χ2n) is 9.87. The Bertz CT molecular complexity index is 1780. The number of fused-ring (bicyclic) bond motifs is 1. The molecule has 2 heterocycles. The zero-order valence-electron chi connectivity index (χ0n) is 21.9. The minimum absolute atomic E-state index is 0.0747. The first-order valence-electron chi connectivity index (χ1n) is 12.8. The Balaban J connectivity index is 1.42. The highest BCUT2D eigenvalue weighted by Crippen LogP contribution is 2.38. The van der Waals surface area contributed by atoms with Crippen LogP contribution in [0, 0.1) is 23.0 Å². The number of carboxylic acid groups (broad SMARTS) is 1. The van der Waals surface area contributed by atoms with E-state index in [4.69, 9.17) is 16.9 Å². The van der Waals surface area contributed by atoms with Crippen molar-refractivity contribution in [1.82, 2.24) is 10.3 Å². The number of pyridine rings is 1. The zero-order valence-corrected chi connectivity index (χ0v) is 22.7. The summed E-state index contributed by atoms with van der Waals surface area (Å²) in [6, 6.07) is 11.0. The van der Waals surface area contributed by atoms with E-state index in [0.717, 1.165) is 4.90 Å². The topological polar surface area (TPSA) is 106 Å². The highest BCUT2D eigenvalue weighted by atomic mass is 35.5. The third-order valence-corrected chi connectivity index (χ3v) is 7.57. The van der Waals surface area contributed by atoms with Gasteiger partial charge in [0.05, 0.1) is 17.1 Å². The predicted molar refractivity (Wildman–Crippen MR) is 148 cm³/mol. The molecule has 2 atom stereocenters. The number of halogens is 6. The molecule has 1 aliphatic rings. The fraction of sp³-hybridized carbons (Fsp3) is 0.200. The fourth-order valence-electron chi connectivity index (χ4n) is 5.06. The van der Waals surface area contributed by atoms with E-state index in [1.165, 1.54) is 12.3 Å². The lowest BCUT2D eigenvalue weighted by Gasteiger charge is -2.43. The maximum atomic E-state index is 14.9. The summed E-state index contributed by atoms with van der Waals surface area (Å²) in [5.41, 5.74) is 0.940. The first kappa shape index (κ1) is 29.7. The van der Waals surface area contributed by atoms with Crippen LogP contribution in [0.3, 0.4) is 0 Å². The van der Waals surface area contributed by atoms with E-state index in [1.807, 2.05) is 6.07 Å². The number of hydrogen-bond acceptors (Lipinski definition) is 5. The van der Waals surface area contributed by atoms with Crippen molar-refractivity contribution in [1.29, 1.82) is 5.26 Å². The summed E-state index contributed by atoms with van der Waals surface area (Å²) < 4.78 is 69.1. The minimum atomic E-state index is -4.60. The molecule has 3 aromatic carbocycles. The summed E-state index contributed by atoms with van der Waals surface area (Å²) in [4.78, 5) is 30.2. The molecule has 1 fully saturated rings. The standard InChI is InChI=1S/C30H20ClF5N4O3/c31-21-10-15(14-37)3-5-19(21)20-6-4-16(18-2-1-8-38-27(18)20)11-24(29(42)43)39-28(41)26-22(32)12-17(13-23(26)33)40-9-7-25(40)30(34,35)36/h1-6,8,10,12-13,24-25H,7,9,11H2,(H,39,41)(H,42,43)/t24-,25?/m1/s1. The average molecular weight is 615 g/mol. The fourth-order valence-corrected chi connectivity index (χ4v) is 5.34. The molecule has 43 heavy (non-hydrogen) atoms. The molecule has 4 aromatic rings. The average Bonchev–Trinajstić information content (AvgIpc) is 2.91. The van der Waals surface area contributed by atoms with Crippen molar-refractivity contribution < 1.29 is 36.6 Å². The van der Waals surface area contributed by atoms with E-state index in [2.05, 4.69) is 10.3 Å². The molecular formula is C30H20ClF5N4O3. The summed E-state index contributed by atoms with van der Waals surface area (Å²) in [6.45, 7) is -0.0747. The van der Waals surface area contributed by atoms with Gasteiger partial charge in [0.2, 0.25) is 0 Å². The summed E-state index contributed by atoms with van der Waals surface area (Å²) in [6.07, 6.45) is -3.61. The third-order valence-electron chi connectivity index (χ3n) is 7.26. The molecule has 1 saturated heterocycles.